The van der Waals surface area contributed by atoms with E-state index in [9.17, 15) is 18.8 Å². The van der Waals surface area contributed by atoms with Crippen molar-refractivity contribution in [1.29, 1.82) is 0 Å². The van der Waals surface area contributed by atoms with Crippen molar-refractivity contribution >= 4 is 34.9 Å². The van der Waals surface area contributed by atoms with Gasteiger partial charge in [0, 0.05) is 23.7 Å². The van der Waals surface area contributed by atoms with Gasteiger partial charge in [-0.2, -0.15) is 0 Å². The van der Waals surface area contributed by atoms with E-state index in [1.54, 1.807) is 65.6 Å². The van der Waals surface area contributed by atoms with Crippen LogP contribution in [-0.4, -0.2) is 47.4 Å². The van der Waals surface area contributed by atoms with Gasteiger partial charge < -0.3 is 19.9 Å². The molecule has 0 unspecified atom stereocenters. The van der Waals surface area contributed by atoms with Gasteiger partial charge in [-0.3, -0.25) is 4.79 Å². The van der Waals surface area contributed by atoms with Gasteiger partial charge in [0.1, 0.15) is 12.4 Å². The number of halogens is 1. The molecule has 0 fully saturated rings. The number of urea groups is 1. The number of benzene rings is 2. The molecule has 0 saturated heterocycles. The maximum Gasteiger partial charge on any atom is 0.338 e. The minimum absolute atomic E-state index is 0.154. The third kappa shape index (κ3) is 8.01. The van der Waals surface area contributed by atoms with Crippen molar-refractivity contribution in [3.05, 3.63) is 100 Å². The van der Waals surface area contributed by atoms with Gasteiger partial charge >= 0.3 is 12.0 Å². The Morgan fingerprint density at radius 2 is 1.73 bits per heavy atom. The minimum Gasteiger partial charge on any atom is -0.462 e. The molecule has 9 heteroatoms. The molecule has 194 valence electrons. The number of rotatable bonds is 11. The highest BCUT2D eigenvalue weighted by Gasteiger charge is 2.22. The fourth-order valence-corrected chi connectivity index (χ4v) is 4.45. The number of nitrogens with one attached hydrogen (secondary N) is 1. The normalized spacial score (nSPS) is 10.5. The molecule has 1 heterocycles. The Balaban J connectivity index is 1.72. The number of thiophene rings is 1. The maximum atomic E-state index is 13.4. The second kappa shape index (κ2) is 13.4. The van der Waals surface area contributed by atoms with Gasteiger partial charge in [-0.15, -0.1) is 17.9 Å². The number of hydrogen-bond acceptors (Lipinski definition) is 5. The van der Waals surface area contributed by atoms with E-state index in [0.717, 1.165) is 16.0 Å². The second-order valence-electron chi connectivity index (χ2n) is 8.30. The minimum atomic E-state index is -0.480. The zero-order valence-corrected chi connectivity index (χ0v) is 21.7. The van der Waals surface area contributed by atoms with Crippen LogP contribution in [-0.2, 0) is 22.6 Å². The lowest BCUT2D eigenvalue weighted by Crippen LogP contribution is -2.44. The number of esters is 1. The van der Waals surface area contributed by atoms with E-state index in [1.807, 2.05) is 18.4 Å². The van der Waals surface area contributed by atoms with Crippen LogP contribution in [0.2, 0.25) is 0 Å². The molecule has 0 saturated carbocycles. The van der Waals surface area contributed by atoms with E-state index in [-0.39, 0.29) is 38.0 Å². The predicted molar refractivity (Wildman–Crippen MR) is 143 cm³/mol. The standard InChI is InChI=1S/C28H30FN3O4S/c1-4-15-31(28(35)30-24-12-8-22(9-13-24)27(34)36-5-2)19-26(33)32(18-25-20(3)14-16-37-25)17-21-6-10-23(29)11-7-21/h4,6-14,16H,1,5,15,17-19H2,2-3H3,(H,30,35). The highest BCUT2D eigenvalue weighted by atomic mass is 32.1. The Bertz CT molecular complexity index is 1220. The fraction of sp³-hybridized carbons (Fsp3) is 0.250. The predicted octanol–water partition coefficient (Wildman–Crippen LogP) is 5.62. The van der Waals surface area contributed by atoms with E-state index >= 15 is 0 Å². The SMILES string of the molecule is C=CCN(CC(=O)N(Cc1ccc(F)cc1)Cc1sccc1C)C(=O)Nc1ccc(C(=O)OCC)cc1. The molecule has 7 nitrogen and oxygen atoms in total. The zero-order valence-electron chi connectivity index (χ0n) is 20.9. The Morgan fingerprint density at radius 1 is 1.03 bits per heavy atom. The van der Waals surface area contributed by atoms with Crippen LogP contribution in [0.3, 0.4) is 0 Å². The maximum absolute atomic E-state index is 13.4. The number of amides is 3. The Hall–Kier alpha value is -3.98. The van der Waals surface area contributed by atoms with Crippen molar-refractivity contribution in [2.75, 3.05) is 25.0 Å². The molecule has 0 bridgehead atoms. The van der Waals surface area contributed by atoms with E-state index in [2.05, 4.69) is 11.9 Å². The molecular weight excluding hydrogens is 493 g/mol. The molecule has 1 N–H and O–H groups in total. The van der Waals surface area contributed by atoms with E-state index in [1.165, 1.54) is 17.0 Å². The summed E-state index contributed by atoms with van der Waals surface area (Å²) in [5.41, 5.74) is 2.70. The summed E-state index contributed by atoms with van der Waals surface area (Å²) in [6, 6.07) is 13.8. The Kier molecular flexibility index (Phi) is 9.97. The molecule has 0 aliphatic heterocycles. The van der Waals surface area contributed by atoms with Crippen LogP contribution in [0.15, 0.2) is 72.6 Å². The Labute approximate surface area is 220 Å². The molecule has 3 aromatic rings. The summed E-state index contributed by atoms with van der Waals surface area (Å²) in [5, 5.41) is 4.72. The summed E-state index contributed by atoms with van der Waals surface area (Å²) in [5.74, 6) is -1.05. The average molecular weight is 524 g/mol. The smallest absolute Gasteiger partial charge is 0.338 e. The van der Waals surface area contributed by atoms with Crippen molar-refractivity contribution in [2.24, 2.45) is 0 Å². The second-order valence-corrected chi connectivity index (χ2v) is 9.30. The van der Waals surface area contributed by atoms with Crippen molar-refractivity contribution in [3.8, 4) is 0 Å². The highest BCUT2D eigenvalue weighted by molar-refractivity contribution is 7.10. The number of ether oxygens (including phenoxy) is 1. The molecule has 0 radical (unpaired) electrons. The van der Waals surface area contributed by atoms with Crippen LogP contribution in [0.5, 0.6) is 0 Å². The summed E-state index contributed by atoms with van der Waals surface area (Å²) >= 11 is 1.56. The molecule has 1 aromatic heterocycles. The lowest BCUT2D eigenvalue weighted by Gasteiger charge is -2.27. The number of nitrogens with zero attached hydrogens (tertiary/aromatic N) is 2. The fourth-order valence-electron chi connectivity index (χ4n) is 3.53. The van der Waals surface area contributed by atoms with Gasteiger partial charge in [0.25, 0.3) is 0 Å². The van der Waals surface area contributed by atoms with Gasteiger partial charge in [0.05, 0.1) is 18.7 Å². The van der Waals surface area contributed by atoms with Gasteiger partial charge in [0.15, 0.2) is 0 Å². The van der Waals surface area contributed by atoms with Gasteiger partial charge in [-0.25, -0.2) is 14.0 Å². The first-order valence-electron chi connectivity index (χ1n) is 11.8. The third-order valence-electron chi connectivity index (χ3n) is 5.55. The number of hydrogen-bond donors (Lipinski definition) is 1. The van der Waals surface area contributed by atoms with Crippen LogP contribution >= 0.6 is 11.3 Å². The van der Waals surface area contributed by atoms with Gasteiger partial charge in [-0.05, 0) is 72.8 Å². The van der Waals surface area contributed by atoms with Gasteiger partial charge in [-0.1, -0.05) is 18.2 Å². The lowest BCUT2D eigenvalue weighted by molar-refractivity contribution is -0.132. The number of anilines is 1. The summed E-state index contributed by atoms with van der Waals surface area (Å²) in [6.07, 6.45) is 1.55. The number of carbonyl (C=O) groups excluding carboxylic acids is 3. The summed E-state index contributed by atoms with van der Waals surface area (Å²) in [6.45, 7) is 8.31. The quantitative estimate of drug-likeness (QED) is 0.261. The molecule has 0 aliphatic rings. The largest absolute Gasteiger partial charge is 0.462 e. The van der Waals surface area contributed by atoms with Crippen LogP contribution in [0.25, 0.3) is 0 Å². The van der Waals surface area contributed by atoms with Crippen LogP contribution < -0.4 is 5.32 Å². The molecule has 37 heavy (non-hydrogen) atoms. The van der Waals surface area contributed by atoms with E-state index in [4.69, 9.17) is 4.74 Å². The molecule has 0 spiro atoms. The molecular formula is C28H30FN3O4S. The van der Waals surface area contributed by atoms with Crippen molar-refractivity contribution in [3.63, 3.8) is 0 Å². The average Bonchev–Trinajstić information content (AvgIpc) is 3.29. The molecule has 3 rings (SSSR count). The van der Waals surface area contributed by atoms with Crippen molar-refractivity contribution in [2.45, 2.75) is 26.9 Å². The molecule has 2 aromatic carbocycles. The van der Waals surface area contributed by atoms with E-state index < -0.39 is 12.0 Å². The summed E-state index contributed by atoms with van der Waals surface area (Å²) in [7, 11) is 0. The summed E-state index contributed by atoms with van der Waals surface area (Å²) < 4.78 is 18.4. The van der Waals surface area contributed by atoms with Crippen molar-refractivity contribution in [1.82, 2.24) is 9.80 Å². The van der Waals surface area contributed by atoms with Crippen LogP contribution in [0.4, 0.5) is 14.9 Å². The Morgan fingerprint density at radius 3 is 2.32 bits per heavy atom. The van der Waals surface area contributed by atoms with E-state index in [0.29, 0.717) is 17.8 Å². The molecule has 0 atom stereocenters. The number of carbonyl (C=O) groups is 3. The monoisotopic (exact) mass is 523 g/mol. The van der Waals surface area contributed by atoms with Crippen molar-refractivity contribution < 1.29 is 23.5 Å². The first-order valence-corrected chi connectivity index (χ1v) is 12.7. The summed E-state index contributed by atoms with van der Waals surface area (Å²) in [4.78, 5) is 42.3. The number of aryl methyl sites for hydroxylation is 1. The topological polar surface area (TPSA) is 79.0 Å². The zero-order chi connectivity index (χ0) is 26.8. The van der Waals surface area contributed by atoms with Gasteiger partial charge in [0.2, 0.25) is 5.91 Å². The first-order chi connectivity index (χ1) is 17.8. The first kappa shape index (κ1) is 27.6. The third-order valence-corrected chi connectivity index (χ3v) is 6.56. The van der Waals surface area contributed by atoms with Crippen LogP contribution in [0, 0.1) is 12.7 Å². The molecule has 3 amide bonds. The molecule has 0 aliphatic carbocycles. The highest BCUT2D eigenvalue weighted by Crippen LogP contribution is 2.20. The lowest BCUT2D eigenvalue weighted by atomic mass is 10.2. The van der Waals surface area contributed by atoms with Crippen LogP contribution in [0.1, 0.15) is 33.3 Å².